The molecule has 0 aliphatic carbocycles. The molecule has 0 saturated heterocycles. The number of ether oxygens (including phenoxy) is 5. The summed E-state index contributed by atoms with van der Waals surface area (Å²) in [5.74, 6) is -1.11. The number of aromatic nitrogens is 4. The summed E-state index contributed by atoms with van der Waals surface area (Å²) in [5.41, 5.74) is 2.49. The van der Waals surface area contributed by atoms with E-state index in [0.29, 0.717) is 33.0 Å². The maximum Gasteiger partial charge on any atom is 0.330 e. The van der Waals surface area contributed by atoms with E-state index in [1.807, 2.05) is 6.92 Å². The molecule has 1 amide bonds. The molecule has 18 nitrogen and oxygen atoms in total. The Hall–Kier alpha value is -5.32. The highest BCUT2D eigenvalue weighted by Crippen LogP contribution is 2.28. The van der Waals surface area contributed by atoms with E-state index in [1.54, 1.807) is 54.6 Å². The summed E-state index contributed by atoms with van der Waals surface area (Å²) in [5, 5.41) is 10.5. The number of methoxy groups -OCH3 is 1. The number of hydrogen-bond acceptors (Lipinski definition) is 16. The van der Waals surface area contributed by atoms with Gasteiger partial charge in [0, 0.05) is 6.92 Å². The smallest absolute Gasteiger partial charge is 0.330 e. The summed E-state index contributed by atoms with van der Waals surface area (Å²) < 4.78 is 80.3. The molecule has 2 N–H and O–H groups in total. The number of nitrogens with zero attached hydrogens (tertiary/aromatic N) is 4. The molecule has 5 aromatic rings. The first kappa shape index (κ1) is 41.8. The van der Waals surface area contributed by atoms with Crippen LogP contribution in [0.15, 0.2) is 82.2 Å². The molecule has 298 valence electrons. The molecular weight excluding hydrogens is 795 g/mol. The fraction of sp³-hybridized carbons (Fsp3) is 0.314. The van der Waals surface area contributed by atoms with E-state index in [0.717, 1.165) is 16.9 Å². The summed E-state index contributed by atoms with van der Waals surface area (Å²) in [6, 6.07) is 16.7. The molecule has 21 heteroatoms. The Bertz CT molecular complexity index is 2280. The van der Waals surface area contributed by atoms with Gasteiger partial charge in [-0.2, -0.15) is 8.42 Å². The standard InChI is InChI=1S/C35H37N5O13S3/c1-22-7-10-29(11-8-22)56(46,47)52-20-28(53-23(2)41)19-51-26-6-4-5-24(13-26)17-49-21-31(34(43)48-3)36-33(42)16-40-15-25(38-39-40)18-50-27-9-12-30-32(14-27)54-35(37-30)55(44)45/h4-15,28,31H,16-21H2,1-3H3,(H,36,42)(H,44,45)/t28?,31-/m0/s1. The molecule has 2 unspecified atom stereocenters. The lowest BCUT2D eigenvalue weighted by Gasteiger charge is -2.18. The molecule has 0 radical (unpaired) electrons. The first-order valence-corrected chi connectivity index (χ1v) is 19.9. The predicted molar refractivity (Wildman–Crippen MR) is 198 cm³/mol. The number of fused-ring (bicyclic) bond motifs is 1. The SMILES string of the molecule is COC(=O)[C@H](COCc1cccc(OCC(COS(=O)(=O)c2ccc(C)cc2)OC(C)=O)c1)NC(=O)Cn1cc(COc2ccc3nc(S(=O)O)sc3c2)nn1. The molecule has 0 aliphatic rings. The maximum atomic E-state index is 12.8. The van der Waals surface area contributed by atoms with Crippen LogP contribution in [0, 0.1) is 6.92 Å². The van der Waals surface area contributed by atoms with Crippen molar-refractivity contribution in [2.24, 2.45) is 0 Å². The Morgan fingerprint density at radius 1 is 0.982 bits per heavy atom. The van der Waals surface area contributed by atoms with E-state index in [4.69, 9.17) is 27.9 Å². The van der Waals surface area contributed by atoms with Crippen LogP contribution in [0.5, 0.6) is 11.5 Å². The minimum Gasteiger partial charge on any atom is -0.490 e. The lowest BCUT2D eigenvalue weighted by atomic mass is 10.2. The second kappa shape index (κ2) is 19.5. The molecule has 0 aliphatic heterocycles. The first-order valence-electron chi connectivity index (χ1n) is 16.6. The monoisotopic (exact) mass is 831 g/mol. The van der Waals surface area contributed by atoms with Crippen LogP contribution in [0.2, 0.25) is 0 Å². The van der Waals surface area contributed by atoms with E-state index in [1.165, 1.54) is 37.0 Å². The van der Waals surface area contributed by atoms with Gasteiger partial charge in [-0.05, 0) is 55.0 Å². The molecule has 2 heterocycles. The molecule has 3 atom stereocenters. The summed E-state index contributed by atoms with van der Waals surface area (Å²) in [7, 11) is -2.93. The van der Waals surface area contributed by atoms with Gasteiger partial charge in [0.05, 0.1) is 41.6 Å². The van der Waals surface area contributed by atoms with Crippen molar-refractivity contribution < 1.29 is 59.4 Å². The zero-order valence-corrected chi connectivity index (χ0v) is 32.6. The average Bonchev–Trinajstić information content (AvgIpc) is 3.81. The number of hydrogen-bond donors (Lipinski definition) is 2. The number of carbonyl (C=O) groups excluding carboxylic acids is 3. The van der Waals surface area contributed by atoms with Gasteiger partial charge in [-0.3, -0.25) is 13.8 Å². The molecule has 56 heavy (non-hydrogen) atoms. The van der Waals surface area contributed by atoms with E-state index in [2.05, 4.69) is 20.6 Å². The summed E-state index contributed by atoms with van der Waals surface area (Å²) in [4.78, 5) is 41.0. The predicted octanol–water partition coefficient (Wildman–Crippen LogP) is 2.95. The van der Waals surface area contributed by atoms with Crippen LogP contribution in [0.1, 0.15) is 23.7 Å². The number of nitrogens with one attached hydrogen (secondary N) is 1. The lowest BCUT2D eigenvalue weighted by Crippen LogP contribution is -2.45. The number of benzene rings is 3. The van der Waals surface area contributed by atoms with Gasteiger partial charge >= 0.3 is 11.9 Å². The quantitative estimate of drug-likeness (QED) is 0.0652. The number of thiazole rings is 1. The van der Waals surface area contributed by atoms with Gasteiger partial charge < -0.3 is 33.6 Å². The highest BCUT2D eigenvalue weighted by atomic mass is 32.2. The maximum absolute atomic E-state index is 12.8. The molecule has 0 saturated carbocycles. The highest BCUT2D eigenvalue weighted by Gasteiger charge is 2.23. The van der Waals surface area contributed by atoms with Gasteiger partial charge in [-0.15, -0.1) is 16.4 Å². The minimum absolute atomic E-state index is 0.0102. The number of carbonyl (C=O) groups is 3. The molecule has 0 bridgehead atoms. The van der Waals surface area contributed by atoms with Crippen molar-refractivity contribution in [2.75, 3.05) is 26.9 Å². The zero-order valence-electron chi connectivity index (χ0n) is 30.2. The van der Waals surface area contributed by atoms with Crippen molar-refractivity contribution in [1.82, 2.24) is 25.3 Å². The third-order valence-corrected chi connectivity index (χ3v) is 10.7. The Labute approximate surface area is 327 Å². The topological polar surface area (TPSA) is 234 Å². The van der Waals surface area contributed by atoms with Crippen LogP contribution in [0.4, 0.5) is 0 Å². The van der Waals surface area contributed by atoms with Crippen molar-refractivity contribution in [2.45, 2.75) is 55.0 Å². The summed E-state index contributed by atoms with van der Waals surface area (Å²) >= 11 is -1.11. The molecular formula is C35H37N5O13S3. The number of rotatable bonds is 20. The minimum atomic E-state index is -4.11. The average molecular weight is 832 g/mol. The number of esters is 2. The first-order chi connectivity index (χ1) is 26.8. The van der Waals surface area contributed by atoms with Gasteiger partial charge in [-0.1, -0.05) is 35.0 Å². The number of amides is 1. The van der Waals surface area contributed by atoms with Crippen molar-refractivity contribution >= 4 is 60.6 Å². The highest BCUT2D eigenvalue weighted by molar-refractivity contribution is 7.86. The second-order valence-electron chi connectivity index (χ2n) is 12.0. The molecule has 2 aromatic heterocycles. The fourth-order valence-corrected chi connectivity index (χ4v) is 7.28. The Kier molecular flexibility index (Phi) is 14.6. The van der Waals surface area contributed by atoms with Crippen LogP contribution in [0.3, 0.4) is 0 Å². The Morgan fingerprint density at radius 2 is 1.75 bits per heavy atom. The van der Waals surface area contributed by atoms with Gasteiger partial charge in [0.1, 0.15) is 43.6 Å². The van der Waals surface area contributed by atoms with E-state index >= 15 is 0 Å². The molecule has 0 spiro atoms. The van der Waals surface area contributed by atoms with Crippen LogP contribution in [0.25, 0.3) is 10.2 Å². The van der Waals surface area contributed by atoms with Crippen molar-refractivity contribution in [3.05, 3.63) is 89.7 Å². The van der Waals surface area contributed by atoms with Gasteiger partial charge in [-0.25, -0.2) is 18.7 Å². The van der Waals surface area contributed by atoms with Crippen LogP contribution in [-0.2, 0) is 73.7 Å². The zero-order chi connectivity index (χ0) is 40.2. The second-order valence-corrected chi connectivity index (χ2v) is 15.7. The largest absolute Gasteiger partial charge is 0.490 e. The lowest BCUT2D eigenvalue weighted by molar-refractivity contribution is -0.149. The van der Waals surface area contributed by atoms with Gasteiger partial charge in [0.15, 0.2) is 12.1 Å². The molecule has 3 aromatic carbocycles. The number of aryl methyl sites for hydroxylation is 1. The summed E-state index contributed by atoms with van der Waals surface area (Å²) in [6.45, 7) is 1.84. The Morgan fingerprint density at radius 3 is 2.48 bits per heavy atom. The Balaban J connectivity index is 1.08. The van der Waals surface area contributed by atoms with Gasteiger partial charge in [0.2, 0.25) is 21.3 Å². The summed E-state index contributed by atoms with van der Waals surface area (Å²) in [6.07, 6.45) is 0.461. The fourth-order valence-electron chi connectivity index (χ4n) is 4.88. The van der Waals surface area contributed by atoms with E-state index in [9.17, 15) is 31.6 Å². The van der Waals surface area contributed by atoms with Crippen LogP contribution >= 0.6 is 11.3 Å². The van der Waals surface area contributed by atoms with E-state index in [-0.39, 0.29) is 42.2 Å². The third-order valence-electron chi connectivity index (χ3n) is 7.53. The van der Waals surface area contributed by atoms with Crippen LogP contribution < -0.4 is 14.8 Å². The third kappa shape index (κ3) is 12.3. The van der Waals surface area contributed by atoms with Crippen molar-refractivity contribution in [3.63, 3.8) is 0 Å². The van der Waals surface area contributed by atoms with Crippen molar-refractivity contribution in [3.8, 4) is 11.5 Å². The van der Waals surface area contributed by atoms with E-state index < -0.39 is 57.8 Å². The molecule has 0 fully saturated rings. The molecule has 5 rings (SSSR count). The normalized spacial score (nSPS) is 13.1. The van der Waals surface area contributed by atoms with Crippen molar-refractivity contribution in [1.29, 1.82) is 0 Å². The van der Waals surface area contributed by atoms with Crippen LogP contribution in [-0.4, -0.2) is 94.1 Å². The van der Waals surface area contributed by atoms with Gasteiger partial charge in [0.25, 0.3) is 10.1 Å².